The molecule has 2 aliphatic rings. The van der Waals surface area contributed by atoms with Crippen LogP contribution in [0, 0.1) is 5.92 Å². The zero-order valence-electron chi connectivity index (χ0n) is 21.5. The summed E-state index contributed by atoms with van der Waals surface area (Å²) < 4.78 is 5.19. The van der Waals surface area contributed by atoms with Crippen molar-refractivity contribution in [1.82, 2.24) is 9.80 Å². The molecule has 0 aliphatic carbocycles. The normalized spacial score (nSPS) is 22.2. The van der Waals surface area contributed by atoms with E-state index in [1.54, 1.807) is 4.90 Å². The average Bonchev–Trinajstić information content (AvgIpc) is 3.40. The number of rotatable bonds is 7. The van der Waals surface area contributed by atoms with Gasteiger partial charge >= 0.3 is 5.97 Å². The fourth-order valence-electron chi connectivity index (χ4n) is 6.16. The van der Waals surface area contributed by atoms with Crippen LogP contribution in [0.15, 0.2) is 91.0 Å². The first-order valence-electron chi connectivity index (χ1n) is 13.4. The first-order valence-corrected chi connectivity index (χ1v) is 13.4. The van der Waals surface area contributed by atoms with Gasteiger partial charge in [-0.15, -0.1) is 0 Å². The molecule has 3 aromatic rings. The lowest BCUT2D eigenvalue weighted by molar-refractivity contribution is -0.151. The smallest absolute Gasteiger partial charge is 0.328 e. The summed E-state index contributed by atoms with van der Waals surface area (Å²) in [6.07, 6.45) is 4.04. The molecule has 2 aliphatic heterocycles. The lowest BCUT2D eigenvalue weighted by Gasteiger charge is -2.37. The number of likely N-dealkylation sites (tertiary alicyclic amines) is 2. The van der Waals surface area contributed by atoms with Gasteiger partial charge in [0, 0.05) is 19.1 Å². The highest BCUT2D eigenvalue weighted by Crippen LogP contribution is 2.33. The van der Waals surface area contributed by atoms with Crippen molar-refractivity contribution in [2.45, 2.75) is 43.7 Å². The topological polar surface area (TPSA) is 49.9 Å². The summed E-state index contributed by atoms with van der Waals surface area (Å²) in [6.45, 7) is 2.55. The molecular weight excluding hydrogens is 460 g/mol. The van der Waals surface area contributed by atoms with E-state index >= 15 is 0 Å². The van der Waals surface area contributed by atoms with Crippen LogP contribution >= 0.6 is 0 Å². The van der Waals surface area contributed by atoms with Gasteiger partial charge in [-0.3, -0.25) is 9.69 Å². The number of ether oxygens (including phenoxy) is 1. The van der Waals surface area contributed by atoms with Crippen molar-refractivity contribution < 1.29 is 14.3 Å². The third kappa shape index (κ3) is 5.78. The fourth-order valence-corrected chi connectivity index (χ4v) is 6.16. The van der Waals surface area contributed by atoms with E-state index in [2.05, 4.69) is 35.2 Å². The van der Waals surface area contributed by atoms with Crippen molar-refractivity contribution in [2.75, 3.05) is 26.7 Å². The number of esters is 1. The highest BCUT2D eigenvalue weighted by Gasteiger charge is 2.45. The van der Waals surface area contributed by atoms with Gasteiger partial charge in [0.2, 0.25) is 5.91 Å². The number of piperidine rings is 1. The van der Waals surface area contributed by atoms with Gasteiger partial charge in [-0.25, -0.2) is 4.79 Å². The van der Waals surface area contributed by atoms with Gasteiger partial charge in [0.25, 0.3) is 0 Å². The van der Waals surface area contributed by atoms with Crippen molar-refractivity contribution in [3.8, 4) is 0 Å². The Morgan fingerprint density at radius 3 is 2.05 bits per heavy atom. The number of benzene rings is 3. The zero-order chi connectivity index (χ0) is 25.6. The van der Waals surface area contributed by atoms with E-state index in [4.69, 9.17) is 4.74 Å². The van der Waals surface area contributed by atoms with E-state index in [0.717, 1.165) is 37.1 Å². The van der Waals surface area contributed by atoms with Crippen LogP contribution in [-0.4, -0.2) is 60.5 Å². The number of nitrogens with zero attached hydrogens (tertiary/aromatic N) is 2. The number of hydrogen-bond donors (Lipinski definition) is 0. The molecule has 3 atom stereocenters. The Kier molecular flexibility index (Phi) is 8.00. The number of carbonyl (C=O) groups is 2. The zero-order valence-corrected chi connectivity index (χ0v) is 21.5. The molecule has 0 saturated carbocycles. The Balaban J connectivity index is 1.37. The van der Waals surface area contributed by atoms with E-state index < -0.39 is 12.0 Å². The Morgan fingerprint density at radius 2 is 1.46 bits per heavy atom. The summed E-state index contributed by atoms with van der Waals surface area (Å²) in [5, 5.41) is 0. The van der Waals surface area contributed by atoms with Crippen LogP contribution in [0.25, 0.3) is 0 Å². The molecule has 3 aromatic carbocycles. The second kappa shape index (κ2) is 11.7. The second-order valence-electron chi connectivity index (χ2n) is 10.4. The number of carbonyl (C=O) groups excluding carboxylic acids is 2. The molecule has 0 bridgehead atoms. The van der Waals surface area contributed by atoms with Crippen molar-refractivity contribution in [3.05, 3.63) is 108 Å². The first kappa shape index (κ1) is 25.2. The minimum absolute atomic E-state index is 0.0341. The molecule has 5 heteroatoms. The summed E-state index contributed by atoms with van der Waals surface area (Å²) in [7, 11) is 1.42. The van der Waals surface area contributed by atoms with Crippen LogP contribution in [0.5, 0.6) is 0 Å². The predicted molar refractivity (Wildman–Crippen MR) is 145 cm³/mol. The number of hydrogen-bond acceptors (Lipinski definition) is 4. The van der Waals surface area contributed by atoms with E-state index in [9.17, 15) is 9.59 Å². The third-order valence-electron chi connectivity index (χ3n) is 7.98. The molecule has 0 N–H and O–H groups in total. The summed E-state index contributed by atoms with van der Waals surface area (Å²) in [5.74, 6) is -0.235. The molecule has 2 fully saturated rings. The Morgan fingerprint density at radius 1 is 0.865 bits per heavy atom. The summed E-state index contributed by atoms with van der Waals surface area (Å²) in [4.78, 5) is 31.4. The average molecular weight is 497 g/mol. The molecular formula is C32H36N2O3. The molecule has 1 amide bonds. The minimum atomic E-state index is -0.563. The first-order chi connectivity index (χ1) is 18.1. The summed E-state index contributed by atoms with van der Waals surface area (Å²) >= 11 is 0. The van der Waals surface area contributed by atoms with E-state index in [-0.39, 0.29) is 17.9 Å². The number of amides is 1. The lowest BCUT2D eigenvalue weighted by Crippen LogP contribution is -2.46. The van der Waals surface area contributed by atoms with Crippen LogP contribution in [0.2, 0.25) is 0 Å². The maximum atomic E-state index is 14.2. The van der Waals surface area contributed by atoms with E-state index in [1.807, 2.05) is 60.7 Å². The summed E-state index contributed by atoms with van der Waals surface area (Å²) in [6, 6.07) is 30.0. The quantitative estimate of drug-likeness (QED) is 0.436. The lowest BCUT2D eigenvalue weighted by atomic mass is 9.90. The SMILES string of the molecule is COC(=O)[C@@H]1C[C@H](N2CCCC(Cc3ccccc3)C2)CN1C(=O)C(c1ccccc1)c1ccccc1. The van der Waals surface area contributed by atoms with Gasteiger partial charge in [-0.05, 0) is 54.8 Å². The standard InChI is InChI=1S/C32H36N2O3/c1-37-32(36)29-21-28(33-19-11-14-25(22-33)20-24-12-5-2-6-13-24)23-34(29)31(35)30(26-15-7-3-8-16-26)27-17-9-4-10-18-27/h2-10,12-13,15-18,25,28-30H,11,14,19-23H2,1H3/t25?,28-,29-/m0/s1. The van der Waals surface area contributed by atoms with Gasteiger partial charge in [0.15, 0.2) is 0 Å². The third-order valence-corrected chi connectivity index (χ3v) is 7.98. The maximum absolute atomic E-state index is 14.2. The molecule has 37 heavy (non-hydrogen) atoms. The molecule has 0 radical (unpaired) electrons. The predicted octanol–water partition coefficient (Wildman–Crippen LogP) is 4.92. The maximum Gasteiger partial charge on any atom is 0.328 e. The minimum Gasteiger partial charge on any atom is -0.467 e. The van der Waals surface area contributed by atoms with Crippen LogP contribution < -0.4 is 0 Å². The van der Waals surface area contributed by atoms with Crippen LogP contribution in [0.3, 0.4) is 0 Å². The highest BCUT2D eigenvalue weighted by atomic mass is 16.5. The van der Waals surface area contributed by atoms with Crippen LogP contribution in [0.1, 0.15) is 41.9 Å². The Labute approximate surface area is 220 Å². The van der Waals surface area contributed by atoms with Crippen LogP contribution in [0.4, 0.5) is 0 Å². The van der Waals surface area contributed by atoms with Gasteiger partial charge in [0.1, 0.15) is 6.04 Å². The molecule has 192 valence electrons. The number of methoxy groups -OCH3 is 1. The Bertz CT molecular complexity index is 1130. The molecule has 5 nitrogen and oxygen atoms in total. The highest BCUT2D eigenvalue weighted by molar-refractivity contribution is 5.91. The molecule has 0 aromatic heterocycles. The van der Waals surface area contributed by atoms with Gasteiger partial charge in [-0.1, -0.05) is 91.0 Å². The van der Waals surface area contributed by atoms with Crippen molar-refractivity contribution in [3.63, 3.8) is 0 Å². The molecule has 2 heterocycles. The van der Waals surface area contributed by atoms with Crippen molar-refractivity contribution in [1.29, 1.82) is 0 Å². The van der Waals surface area contributed by atoms with Crippen molar-refractivity contribution >= 4 is 11.9 Å². The molecule has 0 spiro atoms. The van der Waals surface area contributed by atoms with Crippen LogP contribution in [-0.2, 0) is 20.7 Å². The molecule has 1 unspecified atom stereocenters. The monoisotopic (exact) mass is 496 g/mol. The van der Waals surface area contributed by atoms with Gasteiger partial charge < -0.3 is 9.64 Å². The van der Waals surface area contributed by atoms with Crippen molar-refractivity contribution in [2.24, 2.45) is 5.92 Å². The Hall–Kier alpha value is -3.44. The van der Waals surface area contributed by atoms with E-state index in [0.29, 0.717) is 18.9 Å². The largest absolute Gasteiger partial charge is 0.467 e. The second-order valence-corrected chi connectivity index (χ2v) is 10.4. The summed E-state index contributed by atoms with van der Waals surface area (Å²) in [5.41, 5.74) is 3.25. The van der Waals surface area contributed by atoms with E-state index in [1.165, 1.54) is 19.1 Å². The molecule has 2 saturated heterocycles. The van der Waals surface area contributed by atoms with Gasteiger partial charge in [-0.2, -0.15) is 0 Å². The van der Waals surface area contributed by atoms with Gasteiger partial charge in [0.05, 0.1) is 13.0 Å². The fraction of sp³-hybridized carbons (Fsp3) is 0.375. The molecule has 5 rings (SSSR count).